The highest BCUT2D eigenvalue weighted by molar-refractivity contribution is 7.96. The summed E-state index contributed by atoms with van der Waals surface area (Å²) in [7, 11) is 0. The quantitative estimate of drug-likeness (QED) is 0.601. The van der Waals surface area contributed by atoms with Crippen LogP contribution in [0.25, 0.3) is 11.3 Å². The number of carbonyl (C=O) groups excluding carboxylic acids is 1. The van der Waals surface area contributed by atoms with Crippen molar-refractivity contribution < 1.29 is 22.1 Å². The van der Waals surface area contributed by atoms with Gasteiger partial charge in [-0.1, -0.05) is 6.92 Å². The fraction of sp³-hybridized carbons (Fsp3) is 0.467. The maximum atomic E-state index is 12.9. The number of thiophene rings is 1. The summed E-state index contributed by atoms with van der Waals surface area (Å²) in [5, 5.41) is 3.91. The number of hydrogen-bond donors (Lipinski definition) is 1. The molecule has 5 nitrogen and oxygen atoms in total. The van der Waals surface area contributed by atoms with E-state index in [1.54, 1.807) is 0 Å². The van der Waals surface area contributed by atoms with Crippen LogP contribution in [0.2, 0.25) is 0 Å². The molecule has 0 aliphatic heterocycles. The van der Waals surface area contributed by atoms with Crippen molar-refractivity contribution in [3.8, 4) is 11.3 Å². The average Bonchev–Trinajstić information content (AvgIpc) is 3.07. The second-order valence-corrected chi connectivity index (χ2v) is 7.72. The van der Waals surface area contributed by atoms with Crippen LogP contribution in [0.15, 0.2) is 10.4 Å². The molecule has 2 aromatic rings. The van der Waals surface area contributed by atoms with Gasteiger partial charge in [0, 0.05) is 17.6 Å². The number of nitrogens with two attached hydrogens (primary N) is 1. The van der Waals surface area contributed by atoms with Crippen molar-refractivity contribution in [1.29, 1.82) is 0 Å². The normalized spacial score (nSPS) is 13.6. The van der Waals surface area contributed by atoms with E-state index in [-0.39, 0.29) is 0 Å². The molecule has 0 radical (unpaired) electrons. The van der Waals surface area contributed by atoms with Gasteiger partial charge in [0.1, 0.15) is 6.54 Å². The van der Waals surface area contributed by atoms with Gasteiger partial charge in [-0.05, 0) is 30.4 Å². The number of carbonyl (C=O) groups is 1. The highest BCUT2D eigenvalue weighted by atomic mass is 32.2. The Labute approximate surface area is 150 Å². The third-order valence-electron chi connectivity index (χ3n) is 3.75. The van der Waals surface area contributed by atoms with E-state index in [2.05, 4.69) is 5.10 Å². The van der Waals surface area contributed by atoms with Crippen LogP contribution in [0, 0.1) is 0 Å². The van der Waals surface area contributed by atoms with E-state index in [4.69, 9.17) is 9.92 Å². The molecule has 2 heterocycles. The first-order valence-electron chi connectivity index (χ1n) is 7.68. The van der Waals surface area contributed by atoms with Gasteiger partial charge in [0.25, 0.3) is 5.91 Å². The van der Waals surface area contributed by atoms with Crippen LogP contribution >= 0.6 is 23.4 Å². The van der Waals surface area contributed by atoms with E-state index < -0.39 is 18.6 Å². The summed E-state index contributed by atoms with van der Waals surface area (Å²) in [6.07, 6.45) is -1.04. The molecule has 0 fully saturated rings. The molecule has 0 spiro atoms. The molecule has 10 heteroatoms. The molecule has 2 aromatic heterocycles. The number of hydrogen-bond acceptors (Lipinski definition) is 5. The second-order valence-electron chi connectivity index (χ2n) is 5.63. The summed E-state index contributed by atoms with van der Waals surface area (Å²) in [6, 6.07) is 0. The Morgan fingerprint density at radius 1 is 1.48 bits per heavy atom. The summed E-state index contributed by atoms with van der Waals surface area (Å²) in [5.74, 6) is -0.575. The Kier molecular flexibility index (Phi) is 5.12. The van der Waals surface area contributed by atoms with E-state index in [0.717, 1.165) is 28.7 Å². The molecule has 0 atom stereocenters. The Hall–Kier alpha value is -1.52. The van der Waals surface area contributed by atoms with Crippen LogP contribution in [-0.4, -0.2) is 28.5 Å². The number of aromatic nitrogens is 2. The Morgan fingerprint density at radius 3 is 2.88 bits per heavy atom. The number of amides is 1. The third-order valence-corrected chi connectivity index (χ3v) is 5.88. The van der Waals surface area contributed by atoms with Crippen molar-refractivity contribution in [3.05, 3.63) is 22.2 Å². The van der Waals surface area contributed by atoms with E-state index >= 15 is 0 Å². The molecule has 0 aromatic carbocycles. The lowest BCUT2D eigenvalue weighted by molar-refractivity contribution is -0.142. The minimum absolute atomic E-state index is 0.378. The van der Waals surface area contributed by atoms with Crippen molar-refractivity contribution in [2.45, 2.75) is 43.1 Å². The van der Waals surface area contributed by atoms with Gasteiger partial charge in [-0.25, -0.2) is 0 Å². The number of fused-ring (bicyclic) bond motifs is 3. The van der Waals surface area contributed by atoms with Gasteiger partial charge in [0.15, 0.2) is 0 Å². The summed E-state index contributed by atoms with van der Waals surface area (Å²) >= 11 is 2.25. The molecule has 1 amide bonds. The SMILES string of the molecule is CCCOSc1sc(C(N)=O)c2c1-c1c(cnn1CC(F)(F)F)CC2. The molecule has 25 heavy (non-hydrogen) atoms. The van der Waals surface area contributed by atoms with Gasteiger partial charge in [0.2, 0.25) is 0 Å². The van der Waals surface area contributed by atoms with Crippen LogP contribution in [0.4, 0.5) is 13.2 Å². The van der Waals surface area contributed by atoms with Gasteiger partial charge < -0.3 is 9.92 Å². The van der Waals surface area contributed by atoms with Gasteiger partial charge in [0.05, 0.1) is 27.6 Å². The molecule has 0 saturated carbocycles. The van der Waals surface area contributed by atoms with Crippen LogP contribution in [0.3, 0.4) is 0 Å². The summed E-state index contributed by atoms with van der Waals surface area (Å²) in [4.78, 5) is 12.1. The Morgan fingerprint density at radius 2 is 2.24 bits per heavy atom. The number of primary amides is 1. The highest BCUT2D eigenvalue weighted by Crippen LogP contribution is 2.47. The summed E-state index contributed by atoms with van der Waals surface area (Å²) < 4.78 is 45.7. The number of halogens is 3. The van der Waals surface area contributed by atoms with E-state index in [0.29, 0.717) is 45.4 Å². The van der Waals surface area contributed by atoms with Crippen LogP contribution in [0.1, 0.15) is 34.1 Å². The average molecular weight is 391 g/mol. The summed E-state index contributed by atoms with van der Waals surface area (Å²) in [5.41, 5.74) is 7.90. The monoisotopic (exact) mass is 391 g/mol. The standard InChI is InChI=1S/C15H16F3N3O2S2/c1-2-5-23-25-14-10-9(12(24-14)13(19)22)4-3-8-6-20-21(11(8)10)7-15(16,17)18/h6H,2-5,7H2,1H3,(H2,19,22). The van der Waals surface area contributed by atoms with Crippen molar-refractivity contribution in [2.24, 2.45) is 5.73 Å². The van der Waals surface area contributed by atoms with Crippen molar-refractivity contribution in [2.75, 3.05) is 6.61 Å². The van der Waals surface area contributed by atoms with Gasteiger partial charge in [-0.3, -0.25) is 9.48 Å². The largest absolute Gasteiger partial charge is 0.408 e. The Balaban J connectivity index is 2.10. The maximum absolute atomic E-state index is 12.9. The van der Waals surface area contributed by atoms with Gasteiger partial charge in [-0.15, -0.1) is 11.3 Å². The predicted octanol–water partition coefficient (Wildman–Crippen LogP) is 3.81. The first-order chi connectivity index (χ1) is 11.8. The fourth-order valence-electron chi connectivity index (χ4n) is 2.80. The van der Waals surface area contributed by atoms with Gasteiger partial charge >= 0.3 is 6.18 Å². The molecule has 1 aliphatic carbocycles. The minimum atomic E-state index is -4.38. The van der Waals surface area contributed by atoms with Crippen LogP contribution in [-0.2, 0) is 23.6 Å². The van der Waals surface area contributed by atoms with Crippen LogP contribution < -0.4 is 5.73 Å². The zero-order chi connectivity index (χ0) is 18.2. The first kappa shape index (κ1) is 18.3. The van der Waals surface area contributed by atoms with Gasteiger partial charge in [-0.2, -0.15) is 18.3 Å². The third kappa shape index (κ3) is 3.70. The zero-order valence-electron chi connectivity index (χ0n) is 13.4. The predicted molar refractivity (Wildman–Crippen MR) is 89.6 cm³/mol. The lowest BCUT2D eigenvalue weighted by atomic mass is 9.92. The number of rotatable bonds is 6. The van der Waals surface area contributed by atoms with Crippen molar-refractivity contribution >= 4 is 29.3 Å². The van der Waals surface area contributed by atoms with E-state index in [1.165, 1.54) is 17.5 Å². The molecular formula is C15H16F3N3O2S2. The number of alkyl halides is 3. The smallest absolute Gasteiger partial charge is 0.365 e. The summed E-state index contributed by atoms with van der Waals surface area (Å²) in [6.45, 7) is 1.27. The highest BCUT2D eigenvalue weighted by Gasteiger charge is 2.35. The molecule has 0 bridgehead atoms. The van der Waals surface area contributed by atoms with Crippen molar-refractivity contribution in [3.63, 3.8) is 0 Å². The van der Waals surface area contributed by atoms with E-state index in [1.807, 2.05) is 6.92 Å². The lowest BCUT2D eigenvalue weighted by Gasteiger charge is -2.18. The topological polar surface area (TPSA) is 70.1 Å². The molecule has 2 N–H and O–H groups in total. The molecule has 1 aliphatic rings. The van der Waals surface area contributed by atoms with Crippen molar-refractivity contribution in [1.82, 2.24) is 9.78 Å². The molecule has 3 rings (SSSR count). The lowest BCUT2D eigenvalue weighted by Crippen LogP contribution is -2.20. The maximum Gasteiger partial charge on any atom is 0.408 e. The first-order valence-corrected chi connectivity index (χ1v) is 9.24. The molecular weight excluding hydrogens is 375 g/mol. The Bertz CT molecular complexity index is 799. The zero-order valence-corrected chi connectivity index (χ0v) is 15.0. The van der Waals surface area contributed by atoms with E-state index in [9.17, 15) is 18.0 Å². The number of nitrogens with zero attached hydrogens (tertiary/aromatic N) is 2. The van der Waals surface area contributed by atoms with Crippen LogP contribution in [0.5, 0.6) is 0 Å². The number of aryl methyl sites for hydroxylation is 1. The second kappa shape index (κ2) is 7.00. The molecule has 0 unspecified atom stereocenters. The minimum Gasteiger partial charge on any atom is -0.365 e. The molecule has 136 valence electrons. The fourth-order valence-corrected chi connectivity index (χ4v) is 4.93. The molecule has 0 saturated heterocycles.